The SMILES string of the molecule is CC1C=CC(C)(C2(C(=O)O)C(C(=O)O)=C(C(=O)O)C(C(=O)O)=C(C(=O)O)C2C(=O)O)C(C)(C)C1(C)C. The average Bonchev–Trinajstić information content (AvgIpc) is 2.72. The first kappa shape index (κ1) is 28.3. The highest BCUT2D eigenvalue weighted by Gasteiger charge is 2.75. The summed E-state index contributed by atoms with van der Waals surface area (Å²) in [5.74, 6) is -16.2. The van der Waals surface area contributed by atoms with Crippen LogP contribution in [0.15, 0.2) is 34.4 Å². The van der Waals surface area contributed by atoms with Crippen molar-refractivity contribution < 1.29 is 59.4 Å². The largest absolute Gasteiger partial charge is 0.481 e. The van der Waals surface area contributed by atoms with Gasteiger partial charge in [-0.05, 0) is 16.7 Å². The van der Waals surface area contributed by atoms with Crippen LogP contribution in [-0.4, -0.2) is 66.5 Å². The van der Waals surface area contributed by atoms with E-state index in [1.54, 1.807) is 34.6 Å². The molecule has 0 aromatic carbocycles. The highest BCUT2D eigenvalue weighted by atomic mass is 16.4. The predicted molar refractivity (Wildman–Crippen MR) is 120 cm³/mol. The Labute approximate surface area is 205 Å². The third kappa shape index (κ3) is 3.20. The van der Waals surface area contributed by atoms with E-state index in [2.05, 4.69) is 0 Å². The van der Waals surface area contributed by atoms with Crippen LogP contribution >= 0.6 is 0 Å². The minimum atomic E-state index is -3.26. The maximum atomic E-state index is 13.3. The molecule has 0 saturated heterocycles. The molecular weight excluding hydrogens is 480 g/mol. The van der Waals surface area contributed by atoms with Gasteiger partial charge in [0.1, 0.15) is 11.3 Å². The molecular formula is C24H28O12. The lowest BCUT2D eigenvalue weighted by atomic mass is 9.37. The Morgan fingerprint density at radius 3 is 1.53 bits per heavy atom. The van der Waals surface area contributed by atoms with Crippen LogP contribution in [0.4, 0.5) is 0 Å². The lowest BCUT2D eigenvalue weighted by Crippen LogP contribution is -2.67. The Balaban J connectivity index is 3.47. The number of carbonyl (C=O) groups is 6. The van der Waals surface area contributed by atoms with Crippen LogP contribution in [0.3, 0.4) is 0 Å². The number of carboxylic acid groups (broad SMARTS) is 6. The molecule has 0 aliphatic heterocycles. The zero-order valence-electron chi connectivity index (χ0n) is 20.4. The second-order valence-corrected chi connectivity index (χ2v) is 10.3. The van der Waals surface area contributed by atoms with Gasteiger partial charge < -0.3 is 30.6 Å². The molecule has 0 bridgehead atoms. The number of allylic oxidation sites excluding steroid dienone is 2. The topological polar surface area (TPSA) is 224 Å². The lowest BCUT2D eigenvalue weighted by molar-refractivity contribution is -0.184. The first-order chi connectivity index (χ1) is 16.2. The number of rotatable bonds is 7. The third-order valence-corrected chi connectivity index (χ3v) is 8.93. The number of hydrogen-bond donors (Lipinski definition) is 6. The molecule has 4 unspecified atom stereocenters. The zero-order valence-corrected chi connectivity index (χ0v) is 20.4. The van der Waals surface area contributed by atoms with E-state index < -0.39 is 85.7 Å². The molecule has 0 saturated carbocycles. The second-order valence-electron chi connectivity index (χ2n) is 10.3. The smallest absolute Gasteiger partial charge is 0.337 e. The summed E-state index contributed by atoms with van der Waals surface area (Å²) in [6.45, 7) is 9.58. The van der Waals surface area contributed by atoms with E-state index in [9.17, 15) is 59.4 Å². The van der Waals surface area contributed by atoms with Crippen molar-refractivity contribution in [1.82, 2.24) is 0 Å². The molecule has 36 heavy (non-hydrogen) atoms. The molecule has 12 heteroatoms. The Kier molecular flexibility index (Phi) is 6.53. The van der Waals surface area contributed by atoms with Crippen molar-refractivity contribution in [1.29, 1.82) is 0 Å². The fourth-order valence-electron chi connectivity index (χ4n) is 5.87. The Bertz CT molecular complexity index is 1200. The molecule has 0 aromatic heterocycles. The van der Waals surface area contributed by atoms with Gasteiger partial charge >= 0.3 is 35.8 Å². The van der Waals surface area contributed by atoms with Crippen LogP contribution in [0.2, 0.25) is 0 Å². The van der Waals surface area contributed by atoms with Crippen LogP contribution in [0.5, 0.6) is 0 Å². The van der Waals surface area contributed by atoms with Gasteiger partial charge in [0.25, 0.3) is 0 Å². The number of carboxylic acids is 6. The van der Waals surface area contributed by atoms with Crippen molar-refractivity contribution in [3.8, 4) is 0 Å². The fraction of sp³-hybridized carbons (Fsp3) is 0.500. The van der Waals surface area contributed by atoms with Crippen molar-refractivity contribution in [2.45, 2.75) is 41.5 Å². The fourth-order valence-corrected chi connectivity index (χ4v) is 5.87. The maximum absolute atomic E-state index is 13.3. The Morgan fingerprint density at radius 2 is 1.19 bits per heavy atom. The van der Waals surface area contributed by atoms with Crippen LogP contribution in [0.1, 0.15) is 41.5 Å². The molecule has 0 heterocycles. The van der Waals surface area contributed by atoms with Gasteiger partial charge in [0.05, 0.1) is 22.3 Å². The van der Waals surface area contributed by atoms with Gasteiger partial charge in [0.15, 0.2) is 0 Å². The van der Waals surface area contributed by atoms with Crippen molar-refractivity contribution >= 4 is 35.8 Å². The van der Waals surface area contributed by atoms with Crippen molar-refractivity contribution in [3.05, 3.63) is 34.4 Å². The van der Waals surface area contributed by atoms with Gasteiger partial charge in [0, 0.05) is 5.41 Å². The summed E-state index contributed by atoms with van der Waals surface area (Å²) in [6, 6.07) is 0. The van der Waals surface area contributed by atoms with Gasteiger partial charge in [-0.15, -0.1) is 0 Å². The highest BCUT2D eigenvalue weighted by Crippen LogP contribution is 2.70. The molecule has 0 radical (unpaired) electrons. The minimum absolute atomic E-state index is 0.251. The zero-order chi connectivity index (χ0) is 28.3. The normalized spacial score (nSPS) is 31.1. The van der Waals surface area contributed by atoms with E-state index in [-0.39, 0.29) is 5.92 Å². The molecule has 2 aliphatic rings. The second kappa shape index (κ2) is 8.32. The number of aliphatic carboxylic acids is 6. The van der Waals surface area contributed by atoms with E-state index in [0.29, 0.717) is 0 Å². The number of hydrogen-bond acceptors (Lipinski definition) is 6. The quantitative estimate of drug-likeness (QED) is 0.271. The van der Waals surface area contributed by atoms with Crippen molar-refractivity contribution in [2.24, 2.45) is 33.5 Å². The van der Waals surface area contributed by atoms with Gasteiger partial charge in [-0.1, -0.05) is 53.7 Å². The molecule has 0 amide bonds. The van der Waals surface area contributed by atoms with Gasteiger partial charge in [-0.25, -0.2) is 19.2 Å². The lowest BCUT2D eigenvalue weighted by Gasteiger charge is -2.64. The minimum Gasteiger partial charge on any atom is -0.481 e. The summed E-state index contributed by atoms with van der Waals surface area (Å²) in [7, 11) is 0. The first-order valence-corrected chi connectivity index (χ1v) is 10.8. The molecule has 2 aliphatic carbocycles. The summed E-state index contributed by atoms with van der Waals surface area (Å²) in [5.41, 5.74) is -13.8. The summed E-state index contributed by atoms with van der Waals surface area (Å²) in [5, 5.41) is 60.6. The monoisotopic (exact) mass is 508 g/mol. The molecule has 0 spiro atoms. The van der Waals surface area contributed by atoms with E-state index in [1.807, 2.05) is 0 Å². The van der Waals surface area contributed by atoms with E-state index in [4.69, 9.17) is 0 Å². The van der Waals surface area contributed by atoms with Gasteiger partial charge in [0.2, 0.25) is 0 Å². The molecule has 12 nitrogen and oxygen atoms in total. The Hall–Kier alpha value is -3.96. The van der Waals surface area contributed by atoms with Crippen LogP contribution in [-0.2, 0) is 28.8 Å². The molecule has 0 aromatic rings. The Morgan fingerprint density at radius 1 is 0.722 bits per heavy atom. The van der Waals surface area contributed by atoms with Crippen LogP contribution < -0.4 is 0 Å². The first-order valence-electron chi connectivity index (χ1n) is 10.8. The summed E-state index contributed by atoms with van der Waals surface area (Å²) in [6.07, 6.45) is 2.81. The van der Waals surface area contributed by atoms with E-state index in [0.717, 1.165) is 0 Å². The third-order valence-electron chi connectivity index (χ3n) is 8.93. The summed E-state index contributed by atoms with van der Waals surface area (Å²) >= 11 is 0. The predicted octanol–water partition coefficient (Wildman–Crippen LogP) is 1.97. The average molecular weight is 508 g/mol. The van der Waals surface area contributed by atoms with E-state index >= 15 is 0 Å². The van der Waals surface area contributed by atoms with Crippen LogP contribution in [0, 0.1) is 33.5 Å². The standard InChI is InChI=1S/C24H28O12/c1-9-7-8-23(6,22(4,5)21(9,2)3)24(20(35)36)13(18(31)32)11(16(27)28)10(15(25)26)12(17(29)30)14(24)19(33)34/h7-9,13H,1-6H3,(H,25,26)(H,27,28)(H,29,30)(H,31,32)(H,33,34)(H,35,36). The van der Waals surface area contributed by atoms with Crippen molar-refractivity contribution in [2.75, 3.05) is 0 Å². The molecule has 6 N–H and O–H groups in total. The molecule has 0 fully saturated rings. The summed E-state index contributed by atoms with van der Waals surface area (Å²) < 4.78 is 0. The molecule has 196 valence electrons. The van der Waals surface area contributed by atoms with Gasteiger partial charge in [-0.2, -0.15) is 0 Å². The van der Waals surface area contributed by atoms with Crippen LogP contribution in [0.25, 0.3) is 0 Å². The molecule has 4 atom stereocenters. The van der Waals surface area contributed by atoms with Crippen molar-refractivity contribution in [3.63, 3.8) is 0 Å². The highest BCUT2D eigenvalue weighted by molar-refractivity contribution is 6.20. The maximum Gasteiger partial charge on any atom is 0.337 e. The summed E-state index contributed by atoms with van der Waals surface area (Å²) in [4.78, 5) is 75.3. The molecule has 2 rings (SSSR count). The van der Waals surface area contributed by atoms with E-state index in [1.165, 1.54) is 19.1 Å². The van der Waals surface area contributed by atoms with Gasteiger partial charge in [-0.3, -0.25) is 9.59 Å².